The normalized spacial score (nSPS) is 15.8. The van der Waals surface area contributed by atoms with Crippen LogP contribution in [0.1, 0.15) is 28.9 Å². The van der Waals surface area contributed by atoms with Crippen LogP contribution in [0.5, 0.6) is 0 Å². The number of thioether (sulfide) groups is 1. The zero-order valence-electron chi connectivity index (χ0n) is 9.08. The van der Waals surface area contributed by atoms with Gasteiger partial charge in [0.2, 0.25) is 0 Å². The maximum atomic E-state index is 11.2. The van der Waals surface area contributed by atoms with E-state index in [9.17, 15) is 4.79 Å². The number of hydrogen-bond donors (Lipinski definition) is 3. The largest absolute Gasteiger partial charge is 0.396 e. The topological polar surface area (TPSA) is 81.1 Å². The van der Waals surface area contributed by atoms with Gasteiger partial charge in [-0.05, 0) is 25.5 Å². The van der Waals surface area contributed by atoms with Crippen LogP contribution in [0.25, 0.3) is 0 Å². The molecule has 1 fully saturated rings. The predicted molar refractivity (Wildman–Crippen MR) is 70.3 cm³/mol. The highest BCUT2D eigenvalue weighted by Gasteiger charge is 2.23. The number of rotatable bonds is 4. The smallest absolute Gasteiger partial charge is 0.261 e. The molecular formula is C10H15N3OS2. The maximum Gasteiger partial charge on any atom is 0.261 e. The lowest BCUT2D eigenvalue weighted by molar-refractivity contribution is 0.100. The Morgan fingerprint density at radius 3 is 2.69 bits per heavy atom. The SMILES string of the molecule is CSc1c(NC2CCC2)sc(C(N)=O)c1N. The first-order valence-electron chi connectivity index (χ1n) is 5.16. The summed E-state index contributed by atoms with van der Waals surface area (Å²) in [5.74, 6) is -0.445. The van der Waals surface area contributed by atoms with E-state index in [1.54, 1.807) is 11.8 Å². The summed E-state index contributed by atoms with van der Waals surface area (Å²) in [6.07, 6.45) is 5.61. The maximum absolute atomic E-state index is 11.2. The minimum atomic E-state index is -0.445. The van der Waals surface area contributed by atoms with Gasteiger partial charge in [0.25, 0.3) is 5.91 Å². The van der Waals surface area contributed by atoms with Crippen molar-refractivity contribution >= 4 is 39.7 Å². The molecule has 2 rings (SSSR count). The highest BCUT2D eigenvalue weighted by molar-refractivity contribution is 7.99. The molecular weight excluding hydrogens is 242 g/mol. The van der Waals surface area contributed by atoms with Crippen molar-refractivity contribution in [2.45, 2.75) is 30.2 Å². The number of nitrogens with two attached hydrogens (primary N) is 2. The van der Waals surface area contributed by atoms with Crippen molar-refractivity contribution in [1.29, 1.82) is 0 Å². The number of thiophene rings is 1. The van der Waals surface area contributed by atoms with Crippen LogP contribution >= 0.6 is 23.1 Å². The summed E-state index contributed by atoms with van der Waals surface area (Å²) < 4.78 is 0. The summed E-state index contributed by atoms with van der Waals surface area (Å²) in [6, 6.07) is 0.532. The van der Waals surface area contributed by atoms with Gasteiger partial charge in [0.15, 0.2) is 0 Å². The van der Waals surface area contributed by atoms with Gasteiger partial charge >= 0.3 is 0 Å². The number of primary amides is 1. The van der Waals surface area contributed by atoms with Gasteiger partial charge in [0.1, 0.15) is 9.88 Å². The second-order valence-electron chi connectivity index (χ2n) is 3.84. The molecule has 1 aliphatic carbocycles. The zero-order chi connectivity index (χ0) is 11.7. The van der Waals surface area contributed by atoms with E-state index < -0.39 is 5.91 Å². The molecule has 4 nitrogen and oxygen atoms in total. The van der Waals surface area contributed by atoms with E-state index in [1.165, 1.54) is 30.6 Å². The summed E-state index contributed by atoms with van der Waals surface area (Å²) in [6.45, 7) is 0. The zero-order valence-corrected chi connectivity index (χ0v) is 10.7. The fourth-order valence-electron chi connectivity index (χ4n) is 1.65. The molecule has 1 aliphatic rings. The number of nitrogen functional groups attached to an aromatic ring is 1. The van der Waals surface area contributed by atoms with E-state index in [2.05, 4.69) is 5.32 Å². The minimum absolute atomic E-state index is 0.445. The molecule has 1 aromatic rings. The fraction of sp³-hybridized carbons (Fsp3) is 0.500. The molecule has 88 valence electrons. The van der Waals surface area contributed by atoms with Crippen LogP contribution in [0.3, 0.4) is 0 Å². The molecule has 6 heteroatoms. The van der Waals surface area contributed by atoms with E-state index in [-0.39, 0.29) is 0 Å². The highest BCUT2D eigenvalue weighted by Crippen LogP contribution is 2.42. The van der Waals surface area contributed by atoms with Crippen molar-refractivity contribution < 1.29 is 4.79 Å². The lowest BCUT2D eigenvalue weighted by Gasteiger charge is -2.27. The van der Waals surface area contributed by atoms with Gasteiger partial charge < -0.3 is 16.8 Å². The third-order valence-electron chi connectivity index (χ3n) is 2.77. The third-order valence-corrected chi connectivity index (χ3v) is 4.88. The van der Waals surface area contributed by atoms with Crippen LogP contribution in [0.2, 0.25) is 0 Å². The molecule has 0 aliphatic heterocycles. The van der Waals surface area contributed by atoms with Gasteiger partial charge in [-0.2, -0.15) is 0 Å². The number of amides is 1. The lowest BCUT2D eigenvalue weighted by atomic mass is 9.93. The average Bonchev–Trinajstić information content (AvgIpc) is 2.48. The second-order valence-corrected chi connectivity index (χ2v) is 5.68. The molecule has 0 aromatic carbocycles. The summed E-state index contributed by atoms with van der Waals surface area (Å²) in [5, 5.41) is 4.41. The molecule has 0 radical (unpaired) electrons. The van der Waals surface area contributed by atoms with Crippen LogP contribution in [0, 0.1) is 0 Å². The summed E-state index contributed by atoms with van der Waals surface area (Å²) >= 11 is 2.92. The first-order chi connectivity index (χ1) is 7.63. The number of hydrogen-bond acceptors (Lipinski definition) is 5. The van der Waals surface area contributed by atoms with Crippen LogP contribution in [0.15, 0.2) is 4.90 Å². The van der Waals surface area contributed by atoms with E-state index in [0.717, 1.165) is 9.90 Å². The summed E-state index contributed by atoms with van der Waals surface area (Å²) in [7, 11) is 0. The first kappa shape index (κ1) is 11.6. The van der Waals surface area contributed by atoms with E-state index >= 15 is 0 Å². The van der Waals surface area contributed by atoms with Gasteiger partial charge in [-0.25, -0.2) is 0 Å². The molecule has 0 saturated heterocycles. The predicted octanol–water partition coefficient (Wildman–Crippen LogP) is 2.12. The molecule has 0 spiro atoms. The van der Waals surface area contributed by atoms with E-state index in [1.807, 2.05) is 6.26 Å². The van der Waals surface area contributed by atoms with Gasteiger partial charge in [-0.1, -0.05) is 0 Å². The first-order valence-corrected chi connectivity index (χ1v) is 7.20. The molecule has 16 heavy (non-hydrogen) atoms. The Morgan fingerprint density at radius 2 is 2.25 bits per heavy atom. The van der Waals surface area contributed by atoms with Crippen LogP contribution in [-0.4, -0.2) is 18.2 Å². The molecule has 0 bridgehead atoms. The molecule has 0 atom stereocenters. The molecule has 5 N–H and O–H groups in total. The van der Waals surface area contributed by atoms with Gasteiger partial charge in [0.05, 0.1) is 10.6 Å². The summed E-state index contributed by atoms with van der Waals surface area (Å²) in [4.78, 5) is 12.6. The quantitative estimate of drug-likeness (QED) is 0.722. The van der Waals surface area contributed by atoms with E-state index in [4.69, 9.17) is 11.5 Å². The van der Waals surface area contributed by atoms with Crippen molar-refractivity contribution in [3.63, 3.8) is 0 Å². The van der Waals surface area contributed by atoms with E-state index in [0.29, 0.717) is 16.6 Å². The number of carbonyl (C=O) groups is 1. The minimum Gasteiger partial charge on any atom is -0.396 e. The number of anilines is 2. The Morgan fingerprint density at radius 1 is 1.56 bits per heavy atom. The van der Waals surface area contributed by atoms with Gasteiger partial charge in [-0.3, -0.25) is 4.79 Å². The Hall–Kier alpha value is -0.880. The van der Waals surface area contributed by atoms with Gasteiger partial charge in [-0.15, -0.1) is 23.1 Å². The number of carbonyl (C=O) groups excluding carboxylic acids is 1. The third kappa shape index (κ3) is 1.99. The molecule has 1 saturated carbocycles. The Kier molecular flexibility index (Phi) is 3.30. The van der Waals surface area contributed by atoms with Crippen LogP contribution in [-0.2, 0) is 0 Å². The molecule has 0 unspecified atom stereocenters. The monoisotopic (exact) mass is 257 g/mol. The second kappa shape index (κ2) is 4.55. The standard InChI is InChI=1S/C10H15N3OS2/c1-15-8-6(11)7(9(12)14)16-10(8)13-5-3-2-4-5/h5,13H,2-4,11H2,1H3,(H2,12,14). The van der Waals surface area contributed by atoms with Crippen molar-refractivity contribution in [3.05, 3.63) is 4.88 Å². The average molecular weight is 257 g/mol. The lowest BCUT2D eigenvalue weighted by Crippen LogP contribution is -2.26. The molecule has 1 heterocycles. The van der Waals surface area contributed by atoms with Crippen molar-refractivity contribution in [2.75, 3.05) is 17.3 Å². The van der Waals surface area contributed by atoms with Crippen molar-refractivity contribution in [1.82, 2.24) is 0 Å². The van der Waals surface area contributed by atoms with Crippen molar-refractivity contribution in [2.24, 2.45) is 5.73 Å². The highest BCUT2D eigenvalue weighted by atomic mass is 32.2. The summed E-state index contributed by atoms with van der Waals surface area (Å²) in [5.41, 5.74) is 11.7. The van der Waals surface area contributed by atoms with Gasteiger partial charge in [0, 0.05) is 6.04 Å². The Labute approximate surface area is 103 Å². The van der Waals surface area contributed by atoms with Crippen LogP contribution < -0.4 is 16.8 Å². The Bertz CT molecular complexity index is 412. The molecule has 1 amide bonds. The molecule has 1 aromatic heterocycles. The Balaban J connectivity index is 2.27. The van der Waals surface area contributed by atoms with Crippen molar-refractivity contribution in [3.8, 4) is 0 Å². The van der Waals surface area contributed by atoms with Crippen LogP contribution in [0.4, 0.5) is 10.7 Å². The number of nitrogens with one attached hydrogen (secondary N) is 1. The fourth-order valence-corrected chi connectivity index (χ4v) is 3.60.